The average Bonchev–Trinajstić information content (AvgIpc) is 2.72. The highest BCUT2D eigenvalue weighted by Gasteiger charge is 2.31. The number of carbonyl (C=O) groups is 2. The van der Waals surface area contributed by atoms with Crippen molar-refractivity contribution in [3.05, 3.63) is 60.2 Å². The highest BCUT2D eigenvalue weighted by atomic mass is 32.2. The van der Waals surface area contributed by atoms with Crippen LogP contribution in [0.4, 0.5) is 5.69 Å². The van der Waals surface area contributed by atoms with Crippen LogP contribution in [-0.4, -0.2) is 44.2 Å². The third-order valence-corrected chi connectivity index (χ3v) is 6.86. The number of piperidine rings is 1. The second kappa shape index (κ2) is 9.40. The maximum absolute atomic E-state index is 13.1. The molecule has 0 aromatic heterocycles. The Morgan fingerprint density at radius 1 is 1.00 bits per heavy atom. The molecule has 3 rings (SSSR count). The van der Waals surface area contributed by atoms with Gasteiger partial charge in [-0.1, -0.05) is 38.1 Å². The van der Waals surface area contributed by atoms with E-state index in [0.29, 0.717) is 18.8 Å². The molecule has 7 nitrogen and oxygen atoms in total. The Labute approximate surface area is 177 Å². The lowest BCUT2D eigenvalue weighted by Crippen LogP contribution is -2.42. The monoisotopic (exact) mass is 429 g/mol. The Morgan fingerprint density at radius 3 is 2.33 bits per heavy atom. The van der Waals surface area contributed by atoms with Crippen LogP contribution in [0.3, 0.4) is 0 Å². The number of anilines is 1. The normalized spacial score (nSPS) is 19.8. The third-order valence-electron chi connectivity index (χ3n) is 5.04. The topological polar surface area (TPSA) is 95.6 Å². The number of hydrogen-bond acceptors (Lipinski definition) is 4. The van der Waals surface area contributed by atoms with Crippen molar-refractivity contribution in [1.29, 1.82) is 0 Å². The van der Waals surface area contributed by atoms with Crippen LogP contribution in [0.1, 0.15) is 30.6 Å². The highest BCUT2D eigenvalue weighted by molar-refractivity contribution is 7.89. The molecule has 0 spiro atoms. The van der Waals surface area contributed by atoms with Crippen molar-refractivity contribution in [2.45, 2.75) is 25.2 Å². The molecule has 2 N–H and O–H groups in total. The molecule has 0 radical (unpaired) electrons. The van der Waals surface area contributed by atoms with E-state index in [1.54, 1.807) is 30.3 Å². The summed E-state index contributed by atoms with van der Waals surface area (Å²) in [6.45, 7) is 4.82. The van der Waals surface area contributed by atoms with E-state index in [4.69, 9.17) is 0 Å². The van der Waals surface area contributed by atoms with Gasteiger partial charge < -0.3 is 10.6 Å². The Hall–Kier alpha value is -2.71. The number of rotatable bonds is 6. The van der Waals surface area contributed by atoms with Crippen molar-refractivity contribution in [2.24, 2.45) is 11.8 Å². The molecule has 0 saturated carbocycles. The zero-order valence-corrected chi connectivity index (χ0v) is 18.0. The molecule has 1 aliphatic heterocycles. The number of sulfonamides is 1. The zero-order chi connectivity index (χ0) is 21.7. The number of carbonyl (C=O) groups excluding carboxylic acids is 2. The number of amides is 2. The van der Waals surface area contributed by atoms with Crippen molar-refractivity contribution in [3.8, 4) is 0 Å². The van der Waals surface area contributed by atoms with Crippen molar-refractivity contribution in [3.63, 3.8) is 0 Å². The van der Waals surface area contributed by atoms with E-state index < -0.39 is 15.9 Å². The molecule has 0 bridgehead atoms. The second-order valence-electron chi connectivity index (χ2n) is 7.89. The van der Waals surface area contributed by atoms with Gasteiger partial charge in [0, 0.05) is 24.3 Å². The van der Waals surface area contributed by atoms with Crippen molar-refractivity contribution < 1.29 is 18.0 Å². The Kier molecular flexibility index (Phi) is 6.89. The minimum atomic E-state index is -3.68. The third kappa shape index (κ3) is 5.46. The lowest BCUT2D eigenvalue weighted by atomic mass is 9.94. The maximum Gasteiger partial charge on any atom is 0.251 e. The molecular weight excluding hydrogens is 402 g/mol. The van der Waals surface area contributed by atoms with E-state index in [0.717, 1.165) is 6.42 Å². The number of benzene rings is 2. The van der Waals surface area contributed by atoms with E-state index >= 15 is 0 Å². The predicted octanol–water partition coefficient (Wildman–Crippen LogP) is 2.72. The van der Waals surface area contributed by atoms with Crippen LogP contribution < -0.4 is 10.6 Å². The fourth-order valence-corrected chi connectivity index (χ4v) is 5.46. The number of hydrogen-bond donors (Lipinski definition) is 2. The molecule has 1 heterocycles. The number of nitrogens with one attached hydrogen (secondary N) is 2. The molecule has 2 unspecified atom stereocenters. The first-order valence-corrected chi connectivity index (χ1v) is 11.4. The lowest BCUT2D eigenvalue weighted by Gasteiger charge is -2.34. The van der Waals surface area contributed by atoms with Gasteiger partial charge in [-0.2, -0.15) is 4.31 Å². The van der Waals surface area contributed by atoms with Crippen LogP contribution in [0.15, 0.2) is 59.5 Å². The van der Waals surface area contributed by atoms with Gasteiger partial charge in [0.05, 0.1) is 11.4 Å². The zero-order valence-electron chi connectivity index (χ0n) is 17.2. The average molecular weight is 430 g/mol. The van der Waals surface area contributed by atoms with E-state index in [1.165, 1.54) is 22.5 Å². The van der Waals surface area contributed by atoms with Gasteiger partial charge >= 0.3 is 0 Å². The van der Waals surface area contributed by atoms with Crippen molar-refractivity contribution >= 4 is 27.5 Å². The van der Waals surface area contributed by atoms with Gasteiger partial charge in [0.25, 0.3) is 5.91 Å². The van der Waals surface area contributed by atoms with E-state index in [-0.39, 0.29) is 34.7 Å². The lowest BCUT2D eigenvalue weighted by molar-refractivity contribution is -0.115. The van der Waals surface area contributed by atoms with Gasteiger partial charge in [-0.3, -0.25) is 9.59 Å². The Balaban J connectivity index is 1.65. The molecule has 160 valence electrons. The SMILES string of the molecule is CC1CC(C)CN(S(=O)(=O)c2cccc(C(=O)NCC(=O)Nc3ccccc3)c2)C1. The van der Waals surface area contributed by atoms with Crippen molar-refractivity contribution in [2.75, 3.05) is 25.0 Å². The first-order valence-electron chi connectivity index (χ1n) is 9.99. The molecule has 8 heteroatoms. The van der Waals surface area contributed by atoms with E-state index in [1.807, 2.05) is 19.9 Å². The minimum absolute atomic E-state index is 0.0881. The van der Waals surface area contributed by atoms with Gasteiger partial charge in [0.15, 0.2) is 0 Å². The van der Waals surface area contributed by atoms with Gasteiger partial charge in [-0.25, -0.2) is 8.42 Å². The molecule has 2 aromatic carbocycles. The Morgan fingerprint density at radius 2 is 1.67 bits per heavy atom. The minimum Gasteiger partial charge on any atom is -0.343 e. The second-order valence-corrected chi connectivity index (χ2v) is 9.83. The smallest absolute Gasteiger partial charge is 0.251 e. The summed E-state index contributed by atoms with van der Waals surface area (Å²) < 4.78 is 27.6. The van der Waals surface area contributed by atoms with Crippen LogP contribution in [0.5, 0.6) is 0 Å². The molecule has 1 saturated heterocycles. The molecule has 2 atom stereocenters. The standard InChI is InChI=1S/C22H27N3O4S/c1-16-11-17(2)15-25(14-16)30(28,29)20-10-6-7-18(12-20)22(27)23-13-21(26)24-19-8-4-3-5-9-19/h3-10,12,16-17H,11,13-15H2,1-2H3,(H,23,27)(H,24,26). The largest absolute Gasteiger partial charge is 0.343 e. The van der Waals surface area contributed by atoms with Crippen LogP contribution in [0.2, 0.25) is 0 Å². The van der Waals surface area contributed by atoms with Crippen LogP contribution in [0, 0.1) is 11.8 Å². The molecule has 2 amide bonds. The predicted molar refractivity (Wildman–Crippen MR) is 116 cm³/mol. The summed E-state index contributed by atoms with van der Waals surface area (Å²) in [6.07, 6.45) is 1.000. The summed E-state index contributed by atoms with van der Waals surface area (Å²) in [4.78, 5) is 24.6. The maximum atomic E-state index is 13.1. The molecular formula is C22H27N3O4S. The van der Waals surface area contributed by atoms with E-state index in [2.05, 4.69) is 10.6 Å². The molecule has 1 aliphatic rings. The number of para-hydroxylation sites is 1. The first kappa shape index (κ1) is 22.0. The summed E-state index contributed by atoms with van der Waals surface area (Å²) in [5, 5.41) is 5.21. The molecule has 1 fully saturated rings. The summed E-state index contributed by atoms with van der Waals surface area (Å²) in [7, 11) is -3.68. The van der Waals surface area contributed by atoms with Crippen LogP contribution in [0.25, 0.3) is 0 Å². The van der Waals surface area contributed by atoms with Gasteiger partial charge in [0.2, 0.25) is 15.9 Å². The molecule has 30 heavy (non-hydrogen) atoms. The summed E-state index contributed by atoms with van der Waals surface area (Å²) in [6, 6.07) is 14.9. The fourth-order valence-electron chi connectivity index (χ4n) is 3.74. The van der Waals surface area contributed by atoms with Gasteiger partial charge in [-0.15, -0.1) is 0 Å². The van der Waals surface area contributed by atoms with Gasteiger partial charge in [-0.05, 0) is 48.6 Å². The summed E-state index contributed by atoms with van der Waals surface area (Å²) in [5.74, 6) is -0.290. The van der Waals surface area contributed by atoms with Crippen molar-refractivity contribution in [1.82, 2.24) is 9.62 Å². The molecule has 0 aliphatic carbocycles. The molecule has 2 aromatic rings. The fraction of sp³-hybridized carbons (Fsp3) is 0.364. The van der Waals surface area contributed by atoms with Crippen LogP contribution >= 0.6 is 0 Å². The number of nitrogens with zero attached hydrogens (tertiary/aromatic N) is 1. The summed E-state index contributed by atoms with van der Waals surface area (Å²) >= 11 is 0. The highest BCUT2D eigenvalue weighted by Crippen LogP contribution is 2.27. The Bertz CT molecular complexity index is 998. The van der Waals surface area contributed by atoms with Gasteiger partial charge in [0.1, 0.15) is 0 Å². The first-order chi connectivity index (χ1) is 14.3. The van der Waals surface area contributed by atoms with E-state index in [9.17, 15) is 18.0 Å². The summed E-state index contributed by atoms with van der Waals surface area (Å²) in [5.41, 5.74) is 0.830. The van der Waals surface area contributed by atoms with Crippen LogP contribution in [-0.2, 0) is 14.8 Å². The quantitative estimate of drug-likeness (QED) is 0.738.